The number of carbonyl (C=O) groups is 1. The summed E-state index contributed by atoms with van der Waals surface area (Å²) in [5.74, 6) is 1.10. The second-order valence-corrected chi connectivity index (χ2v) is 11.1. The molecule has 0 saturated heterocycles. The zero-order valence-electron chi connectivity index (χ0n) is 19.5. The van der Waals surface area contributed by atoms with Gasteiger partial charge in [-0.1, -0.05) is 47.6 Å². The highest BCUT2D eigenvalue weighted by molar-refractivity contribution is 6.04. The van der Waals surface area contributed by atoms with Crippen molar-refractivity contribution >= 4 is 11.6 Å². The molecular weight excluding hydrogens is 386 g/mol. The number of carbonyl (C=O) groups excluding carboxylic acids is 1. The van der Waals surface area contributed by atoms with Crippen molar-refractivity contribution in [2.75, 3.05) is 6.54 Å². The molecule has 2 aromatic rings. The molecule has 5 nitrogen and oxygen atoms in total. The molecule has 5 heteroatoms. The zero-order valence-corrected chi connectivity index (χ0v) is 19.5. The van der Waals surface area contributed by atoms with Crippen LogP contribution >= 0.6 is 0 Å². The first kappa shape index (κ1) is 21.5. The number of hydrogen-bond acceptors (Lipinski definition) is 4. The summed E-state index contributed by atoms with van der Waals surface area (Å²) in [4.78, 5) is 19.8. The minimum atomic E-state index is -0.292. The Kier molecular flexibility index (Phi) is 4.99. The quantitative estimate of drug-likeness (QED) is 0.661. The number of aromatic hydroxyl groups is 1. The molecule has 0 bridgehead atoms. The van der Waals surface area contributed by atoms with Gasteiger partial charge in [0.15, 0.2) is 5.78 Å². The van der Waals surface area contributed by atoms with Crippen molar-refractivity contribution in [1.82, 2.24) is 9.88 Å². The molecule has 4 rings (SSSR count). The van der Waals surface area contributed by atoms with E-state index in [0.717, 1.165) is 22.4 Å². The highest BCUT2D eigenvalue weighted by Crippen LogP contribution is 2.41. The summed E-state index contributed by atoms with van der Waals surface area (Å²) in [5.41, 5.74) is 4.35. The van der Waals surface area contributed by atoms with E-state index in [1.54, 1.807) is 4.90 Å². The summed E-state index contributed by atoms with van der Waals surface area (Å²) >= 11 is 0. The largest absolute Gasteiger partial charge is 0.507 e. The van der Waals surface area contributed by atoms with Crippen LogP contribution < -0.4 is 0 Å². The van der Waals surface area contributed by atoms with Gasteiger partial charge in [0.1, 0.15) is 17.3 Å². The van der Waals surface area contributed by atoms with Crippen LogP contribution in [0, 0.1) is 5.41 Å². The molecule has 2 N–H and O–H groups in total. The van der Waals surface area contributed by atoms with Crippen LogP contribution in [0.2, 0.25) is 0 Å². The molecule has 0 unspecified atom stereocenters. The second kappa shape index (κ2) is 7.18. The second-order valence-electron chi connectivity index (χ2n) is 11.1. The van der Waals surface area contributed by atoms with Crippen molar-refractivity contribution < 1.29 is 9.90 Å². The number of nitrogens with zero attached hydrogens (tertiary/aromatic N) is 2. The first-order chi connectivity index (χ1) is 14.4. The third-order valence-electron chi connectivity index (χ3n) is 6.28. The van der Waals surface area contributed by atoms with Crippen LogP contribution in [0.1, 0.15) is 98.7 Å². The number of phenols is 1. The molecule has 31 heavy (non-hydrogen) atoms. The smallest absolute Gasteiger partial charge is 0.182 e. The fourth-order valence-electron chi connectivity index (χ4n) is 4.22. The molecule has 2 heterocycles. The van der Waals surface area contributed by atoms with Gasteiger partial charge in [-0.15, -0.1) is 0 Å². The van der Waals surface area contributed by atoms with Crippen molar-refractivity contribution in [3.05, 3.63) is 57.9 Å². The maximum atomic E-state index is 13.3. The van der Waals surface area contributed by atoms with Crippen molar-refractivity contribution in [2.24, 2.45) is 0 Å². The topological polar surface area (TPSA) is 77.3 Å². The van der Waals surface area contributed by atoms with Gasteiger partial charge in [-0.05, 0) is 41.9 Å². The van der Waals surface area contributed by atoms with Gasteiger partial charge in [0.25, 0.3) is 0 Å². The summed E-state index contributed by atoms with van der Waals surface area (Å²) in [6, 6.07) is 7.78. The molecule has 1 aromatic heterocycles. The molecule has 1 aromatic carbocycles. The van der Waals surface area contributed by atoms with Crippen molar-refractivity contribution in [3.63, 3.8) is 0 Å². The monoisotopic (exact) mass is 419 g/mol. The zero-order chi connectivity index (χ0) is 22.7. The van der Waals surface area contributed by atoms with Gasteiger partial charge in [0, 0.05) is 40.4 Å². The summed E-state index contributed by atoms with van der Waals surface area (Å²) in [6.07, 6.45) is 2.35. The molecule has 164 valence electrons. The molecule has 2 aliphatic rings. The van der Waals surface area contributed by atoms with E-state index in [4.69, 9.17) is 10.4 Å². The van der Waals surface area contributed by atoms with E-state index in [1.165, 1.54) is 12.8 Å². The SMILES string of the molecule is CC(C)(C)c1cc(C(=O)CN2Cc3ccc(C4CC4)nc3C2=N)cc(C(C)(C)C)c1O. The number of ketones is 1. The Balaban J connectivity index is 1.62. The minimum absolute atomic E-state index is 0.0454. The van der Waals surface area contributed by atoms with Crippen LogP contribution in [0.3, 0.4) is 0 Å². The number of benzene rings is 1. The van der Waals surface area contributed by atoms with E-state index in [0.29, 0.717) is 29.6 Å². The van der Waals surface area contributed by atoms with Gasteiger partial charge in [-0.25, -0.2) is 4.98 Å². The number of Topliss-reactive ketones (excluding diaryl/α,β-unsaturated/α-hetero) is 1. The first-order valence-electron chi connectivity index (χ1n) is 11.1. The Morgan fingerprint density at radius 3 is 2.19 bits per heavy atom. The third kappa shape index (κ3) is 4.10. The Bertz CT molecular complexity index is 1030. The van der Waals surface area contributed by atoms with Gasteiger partial charge < -0.3 is 10.0 Å². The van der Waals surface area contributed by atoms with Crippen LogP contribution in [0.4, 0.5) is 0 Å². The molecule has 1 aliphatic carbocycles. The summed E-state index contributed by atoms with van der Waals surface area (Å²) in [5, 5.41) is 19.5. The van der Waals surface area contributed by atoms with Gasteiger partial charge in [0.2, 0.25) is 0 Å². The maximum Gasteiger partial charge on any atom is 0.182 e. The third-order valence-corrected chi connectivity index (χ3v) is 6.28. The fraction of sp³-hybridized carbons (Fsp3) is 0.500. The predicted octanol–water partition coefficient (Wildman–Crippen LogP) is 5.28. The van der Waals surface area contributed by atoms with Crippen LogP contribution in [0.5, 0.6) is 5.75 Å². The number of nitrogens with one attached hydrogen (secondary N) is 1. The van der Waals surface area contributed by atoms with Gasteiger partial charge in [0.05, 0.1) is 6.54 Å². The van der Waals surface area contributed by atoms with Crippen LogP contribution in [0.15, 0.2) is 24.3 Å². The highest BCUT2D eigenvalue weighted by atomic mass is 16.3. The summed E-state index contributed by atoms with van der Waals surface area (Å²) in [7, 11) is 0. The molecule has 1 aliphatic heterocycles. The van der Waals surface area contributed by atoms with Gasteiger partial charge >= 0.3 is 0 Å². The van der Waals surface area contributed by atoms with E-state index >= 15 is 0 Å². The molecule has 1 saturated carbocycles. The predicted molar refractivity (Wildman–Crippen MR) is 123 cm³/mol. The lowest BCUT2D eigenvalue weighted by Gasteiger charge is -2.28. The number of phenolic OH excluding ortho intramolecular Hbond substituents is 1. The number of fused-ring (bicyclic) bond motifs is 1. The number of hydrogen-bond donors (Lipinski definition) is 2. The first-order valence-corrected chi connectivity index (χ1v) is 11.1. The molecule has 0 atom stereocenters. The van der Waals surface area contributed by atoms with E-state index in [9.17, 15) is 9.90 Å². The lowest BCUT2D eigenvalue weighted by Crippen LogP contribution is -2.31. The standard InChI is InChI=1S/C26H33N3O2/c1-25(2,3)18-11-17(12-19(23(18)31)26(4,5)6)21(30)14-29-13-16-9-10-20(15-7-8-15)28-22(16)24(29)27/h9-12,15,27,31H,7-8,13-14H2,1-6H3. The highest BCUT2D eigenvalue weighted by Gasteiger charge is 2.32. The molecular formula is C26H33N3O2. The minimum Gasteiger partial charge on any atom is -0.507 e. The van der Waals surface area contributed by atoms with Crippen molar-refractivity contribution in [1.29, 1.82) is 5.41 Å². The summed E-state index contributed by atoms with van der Waals surface area (Å²) in [6.45, 7) is 12.9. The van der Waals surface area contributed by atoms with Gasteiger partial charge in [-0.2, -0.15) is 0 Å². The van der Waals surface area contributed by atoms with E-state index in [1.807, 2.05) is 53.7 Å². The number of pyridine rings is 1. The van der Waals surface area contributed by atoms with Crippen LogP contribution in [-0.4, -0.2) is 33.2 Å². The van der Waals surface area contributed by atoms with Crippen molar-refractivity contribution in [2.45, 2.75) is 77.7 Å². The van der Waals surface area contributed by atoms with Crippen molar-refractivity contribution in [3.8, 4) is 5.75 Å². The fourth-order valence-corrected chi connectivity index (χ4v) is 4.22. The molecule has 0 amide bonds. The Morgan fingerprint density at radius 1 is 1.10 bits per heavy atom. The Morgan fingerprint density at radius 2 is 1.68 bits per heavy atom. The average molecular weight is 420 g/mol. The molecule has 0 radical (unpaired) electrons. The lowest BCUT2D eigenvalue weighted by atomic mass is 9.78. The molecule has 0 spiro atoms. The van der Waals surface area contributed by atoms with E-state index < -0.39 is 0 Å². The number of rotatable bonds is 4. The van der Waals surface area contributed by atoms with Crippen LogP contribution in [0.25, 0.3) is 0 Å². The normalized spacial score (nSPS) is 16.6. The van der Waals surface area contributed by atoms with E-state index in [2.05, 4.69) is 12.1 Å². The summed E-state index contributed by atoms with van der Waals surface area (Å²) < 4.78 is 0. The van der Waals surface area contributed by atoms with Gasteiger partial charge in [-0.3, -0.25) is 10.2 Å². The number of aromatic nitrogens is 1. The lowest BCUT2D eigenvalue weighted by molar-refractivity contribution is 0.0962. The average Bonchev–Trinajstić information content (AvgIpc) is 3.46. The Labute approximate surface area is 185 Å². The maximum absolute atomic E-state index is 13.3. The van der Waals surface area contributed by atoms with Crippen LogP contribution in [-0.2, 0) is 17.4 Å². The Hall–Kier alpha value is -2.69. The van der Waals surface area contributed by atoms with E-state index in [-0.39, 0.29) is 28.9 Å². The molecule has 1 fully saturated rings. The number of amidine groups is 1.